The van der Waals surface area contributed by atoms with Gasteiger partial charge in [0.25, 0.3) is 0 Å². The second-order valence-corrected chi connectivity index (χ2v) is 10.8. The molecule has 3 aliphatic rings. The number of benzene rings is 1. The third kappa shape index (κ3) is 5.13. The van der Waals surface area contributed by atoms with Crippen LogP contribution in [0.25, 0.3) is 5.65 Å². The Morgan fingerprint density at radius 1 is 1.21 bits per heavy atom. The zero-order valence-corrected chi connectivity index (χ0v) is 22.2. The number of halogens is 1. The third-order valence-corrected chi connectivity index (χ3v) is 7.82. The first-order chi connectivity index (χ1) is 18.9. The van der Waals surface area contributed by atoms with E-state index < -0.39 is 0 Å². The number of hydrogen-bond acceptors (Lipinski definition) is 10. The summed E-state index contributed by atoms with van der Waals surface area (Å²) in [6.45, 7) is 6.16. The van der Waals surface area contributed by atoms with Crippen molar-refractivity contribution >= 4 is 46.4 Å². The summed E-state index contributed by atoms with van der Waals surface area (Å²) in [5.74, 6) is 1.21. The number of nitrogens with zero attached hydrogens (tertiary/aromatic N) is 8. The normalized spacial score (nSPS) is 21.4. The highest BCUT2D eigenvalue weighted by molar-refractivity contribution is 6.36. The van der Waals surface area contributed by atoms with Gasteiger partial charge in [-0.05, 0) is 37.8 Å². The summed E-state index contributed by atoms with van der Waals surface area (Å²) in [5, 5.41) is 33.5. The molecule has 2 atom stereocenters. The lowest BCUT2D eigenvalue weighted by atomic mass is 10.1. The highest BCUT2D eigenvalue weighted by atomic mass is 35.5. The smallest absolute Gasteiger partial charge is 0.232 e. The van der Waals surface area contributed by atoms with Crippen molar-refractivity contribution in [2.24, 2.45) is 5.92 Å². The molecule has 2 saturated heterocycles. The number of hydrogen-bond donors (Lipinski definition) is 3. The lowest BCUT2D eigenvalue weighted by Crippen LogP contribution is -2.53. The van der Waals surface area contributed by atoms with Gasteiger partial charge < -0.3 is 20.9 Å². The first-order valence-corrected chi connectivity index (χ1v) is 13.5. The maximum atomic E-state index is 11.6. The maximum absolute atomic E-state index is 11.6. The molecule has 1 aliphatic carbocycles. The number of nitriles is 2. The molecule has 1 saturated carbocycles. The molecule has 1 aromatic carbocycles. The van der Waals surface area contributed by atoms with Crippen LogP contribution in [0.5, 0.6) is 0 Å². The monoisotopic (exact) mass is 545 g/mol. The van der Waals surface area contributed by atoms with Gasteiger partial charge in [0.05, 0.1) is 34.2 Å². The van der Waals surface area contributed by atoms with Crippen molar-refractivity contribution in [2.45, 2.75) is 38.3 Å². The Hall–Kier alpha value is -4.13. The number of aromatic nitrogens is 4. The Bertz CT molecular complexity index is 1520. The van der Waals surface area contributed by atoms with Crippen LogP contribution in [0.1, 0.15) is 37.3 Å². The Morgan fingerprint density at radius 3 is 2.74 bits per heavy atom. The second-order valence-electron chi connectivity index (χ2n) is 10.5. The number of carbonyl (C=O) groups excluding carboxylic acids is 1. The van der Waals surface area contributed by atoms with Crippen LogP contribution in [0, 0.1) is 28.6 Å². The average Bonchev–Trinajstić information content (AvgIpc) is 3.49. The van der Waals surface area contributed by atoms with Crippen LogP contribution < -0.4 is 20.9 Å². The van der Waals surface area contributed by atoms with Crippen LogP contribution in [-0.4, -0.2) is 75.2 Å². The van der Waals surface area contributed by atoms with E-state index >= 15 is 0 Å². The molecule has 39 heavy (non-hydrogen) atoms. The summed E-state index contributed by atoms with van der Waals surface area (Å²) in [7, 11) is 0. The van der Waals surface area contributed by atoms with Gasteiger partial charge >= 0.3 is 0 Å². The molecule has 1 amide bonds. The highest BCUT2D eigenvalue weighted by Crippen LogP contribution is 2.38. The number of nitrogens with one attached hydrogen (secondary N) is 3. The van der Waals surface area contributed by atoms with Crippen LogP contribution in [0.2, 0.25) is 5.02 Å². The zero-order chi connectivity index (χ0) is 27.1. The molecule has 0 spiro atoms. The van der Waals surface area contributed by atoms with Gasteiger partial charge in [-0.3, -0.25) is 9.69 Å². The molecular formula is C26H28ClN11O. The van der Waals surface area contributed by atoms with Crippen LogP contribution in [0.3, 0.4) is 0 Å². The summed E-state index contributed by atoms with van der Waals surface area (Å²) < 4.78 is 1.53. The summed E-state index contributed by atoms with van der Waals surface area (Å²) in [6.07, 6.45) is 4.14. The van der Waals surface area contributed by atoms with Gasteiger partial charge in [-0.15, -0.1) is 0 Å². The first-order valence-electron chi connectivity index (χ1n) is 13.1. The first kappa shape index (κ1) is 25.2. The fraction of sp³-hybridized carbons (Fsp3) is 0.462. The highest BCUT2D eigenvalue weighted by Gasteiger charge is 2.30. The van der Waals surface area contributed by atoms with E-state index in [0.717, 1.165) is 51.3 Å². The molecule has 0 unspecified atom stereocenters. The van der Waals surface area contributed by atoms with E-state index in [-0.39, 0.29) is 17.9 Å². The van der Waals surface area contributed by atoms with Gasteiger partial charge in [0.15, 0.2) is 5.65 Å². The number of piperazine rings is 1. The molecule has 4 heterocycles. The topological polar surface area (TPSA) is 150 Å². The molecule has 0 radical (unpaired) electrons. The van der Waals surface area contributed by atoms with Gasteiger partial charge in [-0.25, -0.2) is 0 Å². The Labute approximate surface area is 230 Å². The second kappa shape index (κ2) is 10.2. The van der Waals surface area contributed by atoms with E-state index in [9.17, 15) is 15.3 Å². The largest absolute Gasteiger partial charge is 0.365 e. The predicted molar refractivity (Wildman–Crippen MR) is 146 cm³/mol. The minimum Gasteiger partial charge on any atom is -0.365 e. The lowest BCUT2D eigenvalue weighted by Gasteiger charge is -2.42. The molecule has 0 bridgehead atoms. The predicted octanol–water partition coefficient (Wildman–Crippen LogP) is 2.49. The number of anilines is 4. The van der Waals surface area contributed by atoms with Crippen molar-refractivity contribution in [2.75, 3.05) is 48.3 Å². The molecule has 3 N–H and O–H groups in total. The van der Waals surface area contributed by atoms with E-state index in [2.05, 4.69) is 59.9 Å². The van der Waals surface area contributed by atoms with Crippen molar-refractivity contribution in [3.63, 3.8) is 0 Å². The molecule has 200 valence electrons. The van der Waals surface area contributed by atoms with E-state index in [1.807, 2.05) is 6.07 Å². The van der Waals surface area contributed by atoms with E-state index in [1.165, 1.54) is 10.7 Å². The molecule has 2 aliphatic heterocycles. The van der Waals surface area contributed by atoms with Crippen LogP contribution in [0.4, 0.5) is 23.3 Å². The molecule has 13 heteroatoms. The molecule has 2 aromatic heterocycles. The Kier molecular flexibility index (Phi) is 6.59. The zero-order valence-electron chi connectivity index (χ0n) is 21.5. The SMILES string of the molecule is C[C@H]1CN(C[C@@H]2CNC(=O)C2)CCN1c1cc(C#N)cc(Nc2nc(NC3CC3)n3ncc(C#N)c3n2)c1Cl. The van der Waals surface area contributed by atoms with Gasteiger partial charge in [0.1, 0.15) is 11.6 Å². The lowest BCUT2D eigenvalue weighted by molar-refractivity contribution is -0.119. The number of amides is 1. The van der Waals surface area contributed by atoms with Crippen molar-refractivity contribution in [3.8, 4) is 12.1 Å². The average molecular weight is 546 g/mol. The fourth-order valence-electron chi connectivity index (χ4n) is 5.33. The molecular weight excluding hydrogens is 518 g/mol. The van der Waals surface area contributed by atoms with E-state index in [1.54, 1.807) is 6.07 Å². The maximum Gasteiger partial charge on any atom is 0.232 e. The van der Waals surface area contributed by atoms with Crippen LogP contribution >= 0.6 is 11.6 Å². The number of fused-ring (bicyclic) bond motifs is 1. The van der Waals surface area contributed by atoms with Crippen LogP contribution in [0.15, 0.2) is 18.3 Å². The third-order valence-electron chi connectivity index (χ3n) is 7.43. The summed E-state index contributed by atoms with van der Waals surface area (Å²) in [5.41, 5.74) is 2.45. The number of rotatable bonds is 7. The minimum atomic E-state index is 0.127. The summed E-state index contributed by atoms with van der Waals surface area (Å²) >= 11 is 6.95. The van der Waals surface area contributed by atoms with Gasteiger partial charge in [0.2, 0.25) is 17.8 Å². The summed E-state index contributed by atoms with van der Waals surface area (Å²) in [6, 6.07) is 8.32. The minimum absolute atomic E-state index is 0.127. The Balaban J connectivity index is 1.27. The van der Waals surface area contributed by atoms with Gasteiger partial charge in [-0.2, -0.15) is 30.1 Å². The van der Waals surface area contributed by atoms with Crippen molar-refractivity contribution < 1.29 is 4.79 Å². The van der Waals surface area contributed by atoms with Gasteiger partial charge in [-0.1, -0.05) is 11.6 Å². The van der Waals surface area contributed by atoms with Crippen molar-refractivity contribution in [1.29, 1.82) is 10.5 Å². The Morgan fingerprint density at radius 2 is 2.05 bits per heavy atom. The quantitative estimate of drug-likeness (QED) is 0.404. The van der Waals surface area contributed by atoms with Crippen molar-refractivity contribution in [3.05, 3.63) is 34.5 Å². The molecule has 12 nitrogen and oxygen atoms in total. The van der Waals surface area contributed by atoms with E-state index in [0.29, 0.717) is 51.8 Å². The molecule has 3 aromatic rings. The molecule has 6 rings (SSSR count). The number of carbonyl (C=O) groups is 1. The van der Waals surface area contributed by atoms with E-state index in [4.69, 9.17) is 11.6 Å². The molecule has 3 fully saturated rings. The van der Waals surface area contributed by atoms with Gasteiger partial charge in [0, 0.05) is 51.2 Å². The van der Waals surface area contributed by atoms with Crippen molar-refractivity contribution in [1.82, 2.24) is 29.8 Å². The fourth-order valence-corrected chi connectivity index (χ4v) is 5.59. The standard InChI is InChI=1S/C26H28ClN11O/c1-15-13-36(14-17-8-22(39)30-11-17)4-5-37(15)21-7-16(9-28)6-20(23(21)27)33-25-34-24-18(10-29)12-31-38(24)26(35-25)32-19-2-3-19/h6-7,12,15,17,19H,2-5,8,11,13-14H2,1H3,(H,30,39)(H2,32,33,34,35)/t15-,17-/m0/s1. The summed E-state index contributed by atoms with van der Waals surface area (Å²) in [4.78, 5) is 25.3. The van der Waals surface area contributed by atoms with Crippen LogP contribution in [-0.2, 0) is 4.79 Å².